The fourth-order valence-electron chi connectivity index (χ4n) is 7.93. The van der Waals surface area contributed by atoms with E-state index in [1.54, 1.807) is 13.0 Å². The van der Waals surface area contributed by atoms with Gasteiger partial charge in [-0.2, -0.15) is 0 Å². The van der Waals surface area contributed by atoms with Crippen LogP contribution in [0.25, 0.3) is 0 Å². The second kappa shape index (κ2) is 6.10. The number of hydrogen-bond donors (Lipinski definition) is 2. The maximum absolute atomic E-state index is 12.7. The maximum Gasteiger partial charge on any atom is 0.220 e. The van der Waals surface area contributed by atoms with Crippen molar-refractivity contribution >= 4 is 11.6 Å². The first-order valence-electron chi connectivity index (χ1n) is 11.7. The summed E-state index contributed by atoms with van der Waals surface area (Å²) in [6, 6.07) is 0. The van der Waals surface area contributed by atoms with Gasteiger partial charge in [0.05, 0.1) is 0 Å². The molecule has 0 heterocycles. The first-order chi connectivity index (χ1) is 14.3. The van der Waals surface area contributed by atoms with Gasteiger partial charge in [-0.1, -0.05) is 38.5 Å². The first kappa shape index (κ1) is 20.9. The molecule has 31 heavy (non-hydrogen) atoms. The number of carbonyl (C=O) groups is 2. The molecule has 5 aliphatic rings. The summed E-state index contributed by atoms with van der Waals surface area (Å²) >= 11 is 0. The highest BCUT2D eigenvalue weighted by Crippen LogP contribution is 2.72. The van der Waals surface area contributed by atoms with Gasteiger partial charge in [-0.15, -0.1) is 0 Å². The summed E-state index contributed by atoms with van der Waals surface area (Å²) in [5.74, 6) is 0.0275. The average molecular weight is 423 g/mol. The van der Waals surface area contributed by atoms with E-state index in [4.69, 9.17) is 0 Å². The van der Waals surface area contributed by atoms with Crippen LogP contribution in [0.5, 0.6) is 0 Å². The summed E-state index contributed by atoms with van der Waals surface area (Å²) < 4.78 is 0. The molecule has 3 saturated carbocycles. The zero-order valence-corrected chi connectivity index (χ0v) is 19.3. The molecule has 0 aromatic heterocycles. The summed E-state index contributed by atoms with van der Waals surface area (Å²) in [5.41, 5.74) is 2.72. The van der Waals surface area contributed by atoms with Gasteiger partial charge >= 0.3 is 0 Å². The van der Waals surface area contributed by atoms with Crippen molar-refractivity contribution in [1.82, 2.24) is 0 Å². The van der Waals surface area contributed by atoms with Crippen LogP contribution in [-0.2, 0) is 9.59 Å². The third-order valence-corrected chi connectivity index (χ3v) is 10.2. The number of ketones is 2. The van der Waals surface area contributed by atoms with Crippen LogP contribution in [-0.4, -0.2) is 27.4 Å². The Morgan fingerprint density at radius 2 is 1.74 bits per heavy atom. The Morgan fingerprint density at radius 3 is 2.45 bits per heavy atom. The molecular formula is C27H34O4. The zero-order chi connectivity index (χ0) is 22.6. The van der Waals surface area contributed by atoms with Crippen molar-refractivity contribution in [2.24, 2.45) is 28.1 Å². The standard InChI is InChI=1S/C27H34O4/c1-15-16-6-7-19-17(18(16)12-20(28)23(15)30)8-9-26(4)21-13-27(5,31)22(29)14-24(21,2)10-11-25(19,26)3/h6-7,12,17,21,30-31H,8-11,13-14H2,1-5H3/t17-,21+,24-,25+,26+,27-/m1/s1. The van der Waals surface area contributed by atoms with Crippen molar-refractivity contribution < 1.29 is 19.8 Å². The van der Waals surface area contributed by atoms with Crippen molar-refractivity contribution in [3.63, 3.8) is 0 Å². The number of allylic oxidation sites excluding steroid dienone is 7. The van der Waals surface area contributed by atoms with E-state index in [9.17, 15) is 19.8 Å². The number of aliphatic hydroxyl groups excluding tert-OH is 1. The lowest BCUT2D eigenvalue weighted by atomic mass is 9.36. The summed E-state index contributed by atoms with van der Waals surface area (Å²) in [6.07, 6.45) is 10.9. The third kappa shape index (κ3) is 2.51. The predicted octanol–water partition coefficient (Wildman–Crippen LogP) is 5.15. The molecule has 5 rings (SSSR count). The van der Waals surface area contributed by atoms with Crippen molar-refractivity contribution in [2.45, 2.75) is 78.7 Å². The molecule has 0 aromatic rings. The second-order valence-electron chi connectivity index (χ2n) is 11.8. The smallest absolute Gasteiger partial charge is 0.220 e. The Kier molecular flexibility index (Phi) is 4.12. The molecule has 4 heteroatoms. The topological polar surface area (TPSA) is 74.6 Å². The van der Waals surface area contributed by atoms with Gasteiger partial charge in [-0.3, -0.25) is 9.59 Å². The molecule has 5 aliphatic carbocycles. The van der Waals surface area contributed by atoms with Crippen LogP contribution in [0.3, 0.4) is 0 Å². The number of rotatable bonds is 0. The van der Waals surface area contributed by atoms with Gasteiger partial charge < -0.3 is 10.2 Å². The average Bonchev–Trinajstić information content (AvgIpc) is 2.70. The number of Topliss-reactive ketones (excluding diaryl/α,β-unsaturated/α-hetero) is 1. The Labute approximate surface area is 184 Å². The minimum atomic E-state index is -1.24. The van der Waals surface area contributed by atoms with Gasteiger partial charge in [0.15, 0.2) is 11.5 Å². The highest BCUT2D eigenvalue weighted by atomic mass is 16.3. The lowest BCUT2D eigenvalue weighted by Crippen LogP contribution is -2.63. The van der Waals surface area contributed by atoms with Crippen molar-refractivity contribution in [1.29, 1.82) is 0 Å². The molecular weight excluding hydrogens is 388 g/mol. The molecule has 4 nitrogen and oxygen atoms in total. The SMILES string of the molecule is CC1=C(O)C(=O)C=C2C1=CC=C1[C@@H]2CC[C@@]2(C)[C@H]3C[C@@](C)(O)C(=O)C[C@@]3(C)CC[C@@]12C. The second-order valence-corrected chi connectivity index (χ2v) is 11.8. The van der Waals surface area contributed by atoms with Crippen LogP contribution in [0, 0.1) is 28.1 Å². The van der Waals surface area contributed by atoms with Crippen LogP contribution in [0.1, 0.15) is 73.1 Å². The molecule has 0 aliphatic heterocycles. The fourth-order valence-corrected chi connectivity index (χ4v) is 7.93. The molecule has 0 aromatic carbocycles. The van der Waals surface area contributed by atoms with Gasteiger partial charge in [0, 0.05) is 17.9 Å². The highest BCUT2D eigenvalue weighted by Gasteiger charge is 2.66. The van der Waals surface area contributed by atoms with Crippen LogP contribution < -0.4 is 0 Å². The molecule has 3 fully saturated rings. The summed E-state index contributed by atoms with van der Waals surface area (Å²) in [5, 5.41) is 21.1. The summed E-state index contributed by atoms with van der Waals surface area (Å²) in [6.45, 7) is 10.5. The van der Waals surface area contributed by atoms with Crippen molar-refractivity contribution in [3.8, 4) is 0 Å². The van der Waals surface area contributed by atoms with Gasteiger partial charge in [0.1, 0.15) is 5.60 Å². The van der Waals surface area contributed by atoms with E-state index in [1.165, 1.54) is 5.57 Å². The zero-order valence-electron chi connectivity index (χ0n) is 19.3. The van der Waals surface area contributed by atoms with E-state index in [0.29, 0.717) is 18.4 Å². The Morgan fingerprint density at radius 1 is 1.03 bits per heavy atom. The summed E-state index contributed by atoms with van der Waals surface area (Å²) in [4.78, 5) is 25.1. The van der Waals surface area contributed by atoms with E-state index in [2.05, 4.69) is 32.9 Å². The Bertz CT molecular complexity index is 1040. The Hall–Kier alpha value is -1.94. The van der Waals surface area contributed by atoms with Gasteiger partial charge in [-0.25, -0.2) is 0 Å². The minimum Gasteiger partial charge on any atom is -0.504 e. The largest absolute Gasteiger partial charge is 0.504 e. The van der Waals surface area contributed by atoms with Crippen molar-refractivity contribution in [2.75, 3.05) is 0 Å². The third-order valence-electron chi connectivity index (χ3n) is 10.2. The van der Waals surface area contributed by atoms with Crippen LogP contribution in [0.15, 0.2) is 46.3 Å². The quantitative estimate of drug-likeness (QED) is 0.566. The molecule has 0 amide bonds. The molecule has 0 unspecified atom stereocenters. The number of hydrogen-bond acceptors (Lipinski definition) is 4. The summed E-state index contributed by atoms with van der Waals surface area (Å²) in [7, 11) is 0. The van der Waals surface area contributed by atoms with Crippen LogP contribution in [0.4, 0.5) is 0 Å². The predicted molar refractivity (Wildman–Crippen MR) is 119 cm³/mol. The van der Waals surface area contributed by atoms with Gasteiger partial charge in [0.2, 0.25) is 5.78 Å². The van der Waals surface area contributed by atoms with E-state index < -0.39 is 5.60 Å². The number of carbonyl (C=O) groups excluding carboxylic acids is 2. The van der Waals surface area contributed by atoms with E-state index in [-0.39, 0.29) is 45.4 Å². The molecule has 0 radical (unpaired) electrons. The molecule has 166 valence electrons. The van der Waals surface area contributed by atoms with E-state index in [0.717, 1.165) is 36.8 Å². The first-order valence-corrected chi connectivity index (χ1v) is 11.7. The number of fused-ring (bicyclic) bond motifs is 7. The minimum absolute atomic E-state index is 0.00969. The lowest BCUT2D eigenvalue weighted by molar-refractivity contribution is -0.181. The van der Waals surface area contributed by atoms with E-state index >= 15 is 0 Å². The lowest BCUT2D eigenvalue weighted by Gasteiger charge is -2.67. The van der Waals surface area contributed by atoms with Gasteiger partial charge in [-0.05, 0) is 85.3 Å². The number of aliphatic hydroxyl groups is 2. The molecule has 6 atom stereocenters. The molecule has 0 bridgehead atoms. The highest BCUT2D eigenvalue weighted by molar-refractivity contribution is 6.06. The van der Waals surface area contributed by atoms with E-state index in [1.807, 2.05) is 6.92 Å². The maximum atomic E-state index is 12.7. The molecule has 0 saturated heterocycles. The van der Waals surface area contributed by atoms with Crippen LogP contribution in [0.2, 0.25) is 0 Å². The normalized spacial score (nSPS) is 46.8. The Balaban J connectivity index is 1.62. The molecule has 2 N–H and O–H groups in total. The molecule has 0 spiro atoms. The van der Waals surface area contributed by atoms with Crippen LogP contribution >= 0.6 is 0 Å². The van der Waals surface area contributed by atoms with Gasteiger partial charge in [0.25, 0.3) is 0 Å². The fraction of sp³-hybridized carbons (Fsp3) is 0.630. The van der Waals surface area contributed by atoms with Crippen molar-refractivity contribution in [3.05, 3.63) is 46.3 Å². The monoisotopic (exact) mass is 422 g/mol.